The van der Waals surface area contributed by atoms with Crippen molar-refractivity contribution in [3.63, 3.8) is 0 Å². The number of rotatable bonds is 1. The lowest BCUT2D eigenvalue weighted by Crippen LogP contribution is -2.05. The molecule has 0 N–H and O–H groups in total. The van der Waals surface area contributed by atoms with E-state index in [1.165, 1.54) is 0 Å². The molecule has 94 valence electrons. The minimum Gasteiger partial charge on any atom is -0.422 e. The van der Waals surface area contributed by atoms with E-state index in [-0.39, 0.29) is 5.63 Å². The Morgan fingerprint density at radius 1 is 1.05 bits per heavy atom. The third kappa shape index (κ3) is 2.04. The first-order chi connectivity index (χ1) is 9.16. The Balaban J connectivity index is 2.39. The number of benzene rings is 2. The first kappa shape index (κ1) is 12.0. The van der Waals surface area contributed by atoms with Gasteiger partial charge in [0.25, 0.3) is 0 Å². The highest BCUT2D eigenvalue weighted by molar-refractivity contribution is 6.31. The summed E-state index contributed by atoms with van der Waals surface area (Å²) < 4.78 is 5.37. The normalized spacial score (nSPS) is 10.8. The third-order valence-corrected chi connectivity index (χ3v) is 3.43. The molecular formula is C16H11ClO2. The highest BCUT2D eigenvalue weighted by Crippen LogP contribution is 2.27. The van der Waals surface area contributed by atoms with Gasteiger partial charge < -0.3 is 4.42 Å². The van der Waals surface area contributed by atoms with Crippen LogP contribution in [0.3, 0.4) is 0 Å². The van der Waals surface area contributed by atoms with Crippen LogP contribution in [-0.2, 0) is 0 Å². The Morgan fingerprint density at radius 3 is 2.53 bits per heavy atom. The van der Waals surface area contributed by atoms with E-state index in [9.17, 15) is 4.79 Å². The molecule has 0 aliphatic heterocycles. The van der Waals surface area contributed by atoms with Crippen LogP contribution in [0.4, 0.5) is 0 Å². The molecule has 0 aliphatic rings. The molecule has 2 aromatic carbocycles. The average Bonchev–Trinajstić information content (AvgIpc) is 2.39. The molecule has 19 heavy (non-hydrogen) atoms. The minimum atomic E-state index is -0.335. The largest absolute Gasteiger partial charge is 0.422 e. The Bertz CT molecular complexity index is 804. The second-order valence-electron chi connectivity index (χ2n) is 4.40. The molecule has 0 fully saturated rings. The van der Waals surface area contributed by atoms with Crippen molar-refractivity contribution in [2.75, 3.05) is 0 Å². The standard InChI is InChI=1S/C16H11ClO2/c1-10-13-8-7-12(17)9-14(13)19-16(18)15(10)11-5-3-2-4-6-11/h2-9H,1H3. The Kier molecular flexibility index (Phi) is 2.88. The van der Waals surface area contributed by atoms with Crippen molar-refractivity contribution in [2.45, 2.75) is 6.92 Å². The molecule has 2 nitrogen and oxygen atoms in total. The van der Waals surface area contributed by atoms with Gasteiger partial charge in [0.15, 0.2) is 0 Å². The van der Waals surface area contributed by atoms with Crippen LogP contribution in [-0.4, -0.2) is 0 Å². The van der Waals surface area contributed by atoms with Crippen LogP contribution in [0, 0.1) is 6.92 Å². The SMILES string of the molecule is Cc1c(-c2ccccc2)c(=O)oc2cc(Cl)ccc12. The molecule has 0 saturated heterocycles. The van der Waals surface area contributed by atoms with Crippen molar-refractivity contribution in [2.24, 2.45) is 0 Å². The number of halogens is 1. The summed E-state index contributed by atoms with van der Waals surface area (Å²) >= 11 is 5.92. The van der Waals surface area contributed by atoms with E-state index in [4.69, 9.17) is 16.0 Å². The molecule has 1 heterocycles. The fourth-order valence-electron chi connectivity index (χ4n) is 2.27. The first-order valence-corrected chi connectivity index (χ1v) is 6.33. The molecule has 0 atom stereocenters. The molecule has 0 radical (unpaired) electrons. The number of aryl methyl sites for hydroxylation is 1. The maximum Gasteiger partial charge on any atom is 0.344 e. The van der Waals surface area contributed by atoms with Gasteiger partial charge in [-0.05, 0) is 30.2 Å². The fourth-order valence-corrected chi connectivity index (χ4v) is 2.43. The van der Waals surface area contributed by atoms with Crippen molar-refractivity contribution in [3.05, 3.63) is 69.5 Å². The Morgan fingerprint density at radius 2 is 1.79 bits per heavy atom. The lowest BCUT2D eigenvalue weighted by molar-refractivity contribution is 0.562. The van der Waals surface area contributed by atoms with Gasteiger partial charge in [-0.25, -0.2) is 4.79 Å². The zero-order valence-electron chi connectivity index (χ0n) is 10.3. The summed E-state index contributed by atoms with van der Waals surface area (Å²) in [6, 6.07) is 14.9. The molecule has 3 heteroatoms. The molecule has 3 rings (SSSR count). The molecule has 1 aromatic heterocycles. The Hall–Kier alpha value is -2.06. The smallest absolute Gasteiger partial charge is 0.344 e. The maximum atomic E-state index is 12.2. The van der Waals surface area contributed by atoms with E-state index in [1.54, 1.807) is 12.1 Å². The summed E-state index contributed by atoms with van der Waals surface area (Å²) in [6.07, 6.45) is 0. The van der Waals surface area contributed by atoms with Crippen molar-refractivity contribution in [3.8, 4) is 11.1 Å². The molecule has 0 spiro atoms. The highest BCUT2D eigenvalue weighted by atomic mass is 35.5. The number of hydrogen-bond acceptors (Lipinski definition) is 2. The van der Waals surface area contributed by atoms with Gasteiger partial charge in [-0.15, -0.1) is 0 Å². The number of fused-ring (bicyclic) bond motifs is 1. The van der Waals surface area contributed by atoms with Gasteiger partial charge in [0.2, 0.25) is 0 Å². The molecular weight excluding hydrogens is 260 g/mol. The van der Waals surface area contributed by atoms with Crippen LogP contribution in [0.25, 0.3) is 22.1 Å². The second kappa shape index (κ2) is 4.56. The number of hydrogen-bond donors (Lipinski definition) is 0. The monoisotopic (exact) mass is 270 g/mol. The molecule has 0 saturated carbocycles. The van der Waals surface area contributed by atoms with E-state index in [1.807, 2.05) is 43.3 Å². The van der Waals surface area contributed by atoms with E-state index in [2.05, 4.69) is 0 Å². The van der Waals surface area contributed by atoms with Crippen LogP contribution < -0.4 is 5.63 Å². The molecule has 0 bridgehead atoms. The summed E-state index contributed by atoms with van der Waals surface area (Å²) in [6.45, 7) is 1.93. The fraction of sp³-hybridized carbons (Fsp3) is 0.0625. The summed E-state index contributed by atoms with van der Waals surface area (Å²) in [5.41, 5.74) is 2.57. The average molecular weight is 271 g/mol. The summed E-state index contributed by atoms with van der Waals surface area (Å²) in [7, 11) is 0. The van der Waals surface area contributed by atoms with Crippen LogP contribution in [0.1, 0.15) is 5.56 Å². The summed E-state index contributed by atoms with van der Waals surface area (Å²) in [5.74, 6) is 0. The van der Waals surface area contributed by atoms with Crippen LogP contribution >= 0.6 is 11.6 Å². The van der Waals surface area contributed by atoms with Crippen LogP contribution in [0.5, 0.6) is 0 Å². The van der Waals surface area contributed by atoms with Gasteiger partial charge in [-0.2, -0.15) is 0 Å². The van der Waals surface area contributed by atoms with Gasteiger partial charge in [-0.1, -0.05) is 41.9 Å². The van der Waals surface area contributed by atoms with Gasteiger partial charge in [0.1, 0.15) is 5.58 Å². The van der Waals surface area contributed by atoms with Crippen molar-refractivity contribution < 1.29 is 4.42 Å². The maximum absolute atomic E-state index is 12.2. The van der Waals surface area contributed by atoms with Gasteiger partial charge >= 0.3 is 5.63 Å². The topological polar surface area (TPSA) is 30.2 Å². The van der Waals surface area contributed by atoms with Crippen molar-refractivity contribution in [1.82, 2.24) is 0 Å². The molecule has 0 unspecified atom stereocenters. The first-order valence-electron chi connectivity index (χ1n) is 5.95. The van der Waals surface area contributed by atoms with Crippen LogP contribution in [0.2, 0.25) is 5.02 Å². The Labute approximate surface area is 115 Å². The second-order valence-corrected chi connectivity index (χ2v) is 4.83. The van der Waals surface area contributed by atoms with E-state index >= 15 is 0 Å². The van der Waals surface area contributed by atoms with Crippen molar-refractivity contribution >= 4 is 22.6 Å². The molecule has 0 aliphatic carbocycles. The van der Waals surface area contributed by atoms with Crippen molar-refractivity contribution in [1.29, 1.82) is 0 Å². The predicted molar refractivity (Wildman–Crippen MR) is 77.7 cm³/mol. The lowest BCUT2D eigenvalue weighted by Gasteiger charge is -2.07. The zero-order chi connectivity index (χ0) is 13.4. The van der Waals surface area contributed by atoms with Crippen LogP contribution in [0.15, 0.2) is 57.7 Å². The van der Waals surface area contributed by atoms with E-state index < -0.39 is 0 Å². The molecule has 3 aromatic rings. The van der Waals surface area contributed by atoms with Gasteiger partial charge in [0, 0.05) is 16.5 Å². The van der Waals surface area contributed by atoms with E-state index in [0.29, 0.717) is 16.2 Å². The quantitative estimate of drug-likeness (QED) is 0.613. The lowest BCUT2D eigenvalue weighted by atomic mass is 10.00. The van der Waals surface area contributed by atoms with Gasteiger partial charge in [0.05, 0.1) is 5.56 Å². The third-order valence-electron chi connectivity index (χ3n) is 3.19. The predicted octanol–water partition coefficient (Wildman–Crippen LogP) is 4.42. The molecule has 0 amide bonds. The summed E-state index contributed by atoms with van der Waals surface area (Å²) in [5, 5.41) is 1.46. The highest BCUT2D eigenvalue weighted by Gasteiger charge is 2.12. The minimum absolute atomic E-state index is 0.335. The van der Waals surface area contributed by atoms with E-state index in [0.717, 1.165) is 16.5 Å². The summed E-state index contributed by atoms with van der Waals surface area (Å²) in [4.78, 5) is 12.2. The van der Waals surface area contributed by atoms with Gasteiger partial charge in [-0.3, -0.25) is 0 Å². The zero-order valence-corrected chi connectivity index (χ0v) is 11.1.